The summed E-state index contributed by atoms with van der Waals surface area (Å²) in [5.41, 5.74) is 4.38. The van der Waals surface area contributed by atoms with E-state index in [0.29, 0.717) is 6.61 Å². The van der Waals surface area contributed by atoms with Gasteiger partial charge >= 0.3 is 0 Å². The van der Waals surface area contributed by atoms with E-state index in [-0.39, 0.29) is 0 Å². The van der Waals surface area contributed by atoms with E-state index in [4.69, 9.17) is 4.74 Å². The highest BCUT2D eigenvalue weighted by molar-refractivity contribution is 5.82. The van der Waals surface area contributed by atoms with Crippen LogP contribution in [-0.2, 0) is 6.61 Å². The number of para-hydroxylation sites is 2. The summed E-state index contributed by atoms with van der Waals surface area (Å²) in [7, 11) is 0. The summed E-state index contributed by atoms with van der Waals surface area (Å²) in [4.78, 5) is 4.55. The molecule has 0 fully saturated rings. The standard InChI is InChI=1S/C18H17NO/c1-13-7-3-6-10-18(13)20-12-15-11-14(2)19-17-9-5-4-8-16(15)17/h3-11H,12H2,1-2H3. The van der Waals surface area contributed by atoms with Crippen LogP contribution in [0.4, 0.5) is 0 Å². The maximum atomic E-state index is 5.96. The fourth-order valence-corrected chi connectivity index (χ4v) is 2.39. The third-order valence-corrected chi connectivity index (χ3v) is 3.41. The Morgan fingerprint density at radius 3 is 2.55 bits per heavy atom. The largest absolute Gasteiger partial charge is 0.489 e. The smallest absolute Gasteiger partial charge is 0.122 e. The molecule has 2 nitrogen and oxygen atoms in total. The Morgan fingerprint density at radius 1 is 0.950 bits per heavy atom. The molecule has 3 rings (SSSR count). The second kappa shape index (κ2) is 5.33. The Labute approximate surface area is 119 Å². The Kier molecular flexibility index (Phi) is 3.38. The van der Waals surface area contributed by atoms with E-state index in [1.807, 2.05) is 43.3 Å². The van der Waals surface area contributed by atoms with Crippen LogP contribution in [0.5, 0.6) is 5.75 Å². The third kappa shape index (κ3) is 2.50. The molecule has 1 heterocycles. The molecule has 0 aliphatic rings. The van der Waals surface area contributed by atoms with Gasteiger partial charge in [-0.15, -0.1) is 0 Å². The van der Waals surface area contributed by atoms with Crippen molar-refractivity contribution in [3.63, 3.8) is 0 Å². The van der Waals surface area contributed by atoms with Crippen molar-refractivity contribution in [2.45, 2.75) is 20.5 Å². The number of hydrogen-bond acceptors (Lipinski definition) is 2. The molecule has 0 radical (unpaired) electrons. The minimum Gasteiger partial charge on any atom is -0.489 e. The second-order valence-electron chi connectivity index (χ2n) is 4.99. The normalized spacial score (nSPS) is 10.7. The van der Waals surface area contributed by atoms with Crippen molar-refractivity contribution in [2.75, 3.05) is 0 Å². The zero-order valence-corrected chi connectivity index (χ0v) is 11.8. The van der Waals surface area contributed by atoms with Gasteiger partial charge in [0.05, 0.1) is 5.52 Å². The van der Waals surface area contributed by atoms with E-state index >= 15 is 0 Å². The number of rotatable bonds is 3. The van der Waals surface area contributed by atoms with E-state index in [9.17, 15) is 0 Å². The lowest BCUT2D eigenvalue weighted by molar-refractivity contribution is 0.305. The van der Waals surface area contributed by atoms with E-state index in [1.54, 1.807) is 0 Å². The maximum Gasteiger partial charge on any atom is 0.122 e. The lowest BCUT2D eigenvalue weighted by atomic mass is 10.1. The molecule has 3 aromatic rings. The summed E-state index contributed by atoms with van der Waals surface area (Å²) < 4.78 is 5.96. The summed E-state index contributed by atoms with van der Waals surface area (Å²) in [6.45, 7) is 4.64. The molecule has 0 saturated heterocycles. The lowest BCUT2D eigenvalue weighted by Crippen LogP contribution is -1.99. The SMILES string of the molecule is Cc1cc(COc2ccccc2C)c2ccccc2n1. The monoisotopic (exact) mass is 263 g/mol. The third-order valence-electron chi connectivity index (χ3n) is 3.41. The molecule has 0 aliphatic carbocycles. The molecule has 0 saturated carbocycles. The first kappa shape index (κ1) is 12.7. The number of pyridine rings is 1. The van der Waals surface area contributed by atoms with Gasteiger partial charge in [-0.25, -0.2) is 0 Å². The average molecular weight is 263 g/mol. The second-order valence-corrected chi connectivity index (χ2v) is 4.99. The Morgan fingerprint density at radius 2 is 1.70 bits per heavy atom. The van der Waals surface area contributed by atoms with Crippen molar-refractivity contribution in [1.29, 1.82) is 0 Å². The van der Waals surface area contributed by atoms with Crippen molar-refractivity contribution in [1.82, 2.24) is 4.98 Å². The van der Waals surface area contributed by atoms with Crippen LogP contribution < -0.4 is 4.74 Å². The number of ether oxygens (including phenoxy) is 1. The van der Waals surface area contributed by atoms with Crippen LogP contribution in [0.15, 0.2) is 54.6 Å². The molecule has 100 valence electrons. The van der Waals surface area contributed by atoms with Crippen molar-refractivity contribution in [3.8, 4) is 5.75 Å². The average Bonchev–Trinajstić information content (AvgIpc) is 2.46. The number of aromatic nitrogens is 1. The van der Waals surface area contributed by atoms with Crippen LogP contribution in [0.25, 0.3) is 10.9 Å². The molecule has 2 heteroatoms. The van der Waals surface area contributed by atoms with Crippen molar-refractivity contribution < 1.29 is 4.74 Å². The van der Waals surface area contributed by atoms with Crippen LogP contribution in [0, 0.1) is 13.8 Å². The zero-order valence-electron chi connectivity index (χ0n) is 11.8. The number of fused-ring (bicyclic) bond motifs is 1. The summed E-state index contributed by atoms with van der Waals surface area (Å²) in [5, 5.41) is 1.16. The van der Waals surface area contributed by atoms with Gasteiger partial charge in [0.2, 0.25) is 0 Å². The first-order chi connectivity index (χ1) is 9.74. The fraction of sp³-hybridized carbons (Fsp3) is 0.167. The van der Waals surface area contributed by atoms with Gasteiger partial charge in [-0.3, -0.25) is 4.98 Å². The summed E-state index contributed by atoms with van der Waals surface area (Å²) in [6, 6.07) is 18.4. The topological polar surface area (TPSA) is 22.1 Å². The van der Waals surface area contributed by atoms with Gasteiger partial charge in [0.15, 0.2) is 0 Å². The maximum absolute atomic E-state index is 5.96. The molecule has 0 atom stereocenters. The number of aryl methyl sites for hydroxylation is 2. The Balaban J connectivity index is 1.93. The first-order valence-corrected chi connectivity index (χ1v) is 6.78. The van der Waals surface area contributed by atoms with Gasteiger partial charge < -0.3 is 4.74 Å². The predicted octanol–water partition coefficient (Wildman–Crippen LogP) is 4.43. The number of hydrogen-bond donors (Lipinski definition) is 0. The summed E-state index contributed by atoms with van der Waals surface area (Å²) in [6.07, 6.45) is 0. The highest BCUT2D eigenvalue weighted by Crippen LogP contribution is 2.22. The molecular formula is C18H17NO. The van der Waals surface area contributed by atoms with E-state index in [0.717, 1.165) is 27.9 Å². The van der Waals surface area contributed by atoms with Gasteiger partial charge in [0.25, 0.3) is 0 Å². The molecule has 0 amide bonds. The Bertz CT molecular complexity index is 749. The summed E-state index contributed by atoms with van der Waals surface area (Å²) >= 11 is 0. The highest BCUT2D eigenvalue weighted by Gasteiger charge is 2.05. The molecule has 2 aromatic carbocycles. The van der Waals surface area contributed by atoms with E-state index in [1.165, 1.54) is 5.56 Å². The molecular weight excluding hydrogens is 246 g/mol. The van der Waals surface area contributed by atoms with Gasteiger partial charge in [-0.1, -0.05) is 36.4 Å². The molecule has 0 N–H and O–H groups in total. The molecule has 0 aliphatic heterocycles. The fourth-order valence-electron chi connectivity index (χ4n) is 2.39. The summed E-state index contributed by atoms with van der Waals surface area (Å²) in [5.74, 6) is 0.936. The molecule has 0 bridgehead atoms. The van der Waals surface area contributed by atoms with Gasteiger partial charge in [0.1, 0.15) is 12.4 Å². The minimum atomic E-state index is 0.564. The van der Waals surface area contributed by atoms with E-state index in [2.05, 4.69) is 30.1 Å². The van der Waals surface area contributed by atoms with E-state index < -0.39 is 0 Å². The van der Waals surface area contributed by atoms with Crippen molar-refractivity contribution >= 4 is 10.9 Å². The molecule has 1 aromatic heterocycles. The van der Waals surface area contributed by atoms with Crippen LogP contribution in [0.2, 0.25) is 0 Å². The van der Waals surface area contributed by atoms with Crippen LogP contribution in [0.3, 0.4) is 0 Å². The minimum absolute atomic E-state index is 0.564. The van der Waals surface area contributed by atoms with Crippen LogP contribution in [-0.4, -0.2) is 4.98 Å². The van der Waals surface area contributed by atoms with Gasteiger partial charge in [-0.2, -0.15) is 0 Å². The molecule has 0 unspecified atom stereocenters. The molecule has 20 heavy (non-hydrogen) atoms. The van der Waals surface area contributed by atoms with Crippen molar-refractivity contribution in [2.24, 2.45) is 0 Å². The van der Waals surface area contributed by atoms with Gasteiger partial charge in [-0.05, 0) is 37.6 Å². The zero-order chi connectivity index (χ0) is 13.9. The Hall–Kier alpha value is -2.35. The number of nitrogens with zero attached hydrogens (tertiary/aromatic N) is 1. The van der Waals surface area contributed by atoms with Crippen LogP contribution in [0.1, 0.15) is 16.8 Å². The first-order valence-electron chi connectivity index (χ1n) is 6.78. The van der Waals surface area contributed by atoms with Crippen molar-refractivity contribution in [3.05, 3.63) is 71.4 Å². The number of benzene rings is 2. The van der Waals surface area contributed by atoms with Crippen LogP contribution >= 0.6 is 0 Å². The quantitative estimate of drug-likeness (QED) is 0.697. The lowest BCUT2D eigenvalue weighted by Gasteiger charge is -2.11. The molecule has 0 spiro atoms. The highest BCUT2D eigenvalue weighted by atomic mass is 16.5. The van der Waals surface area contributed by atoms with Gasteiger partial charge in [0, 0.05) is 16.6 Å². The predicted molar refractivity (Wildman–Crippen MR) is 82.0 cm³/mol.